The molecule has 3 rings (SSSR count). The maximum Gasteiger partial charge on any atom is 0.0817 e. The van der Waals surface area contributed by atoms with Crippen LogP contribution in [0, 0.1) is 5.92 Å². The molecule has 1 N–H and O–H groups in total. The third-order valence-corrected chi connectivity index (χ3v) is 5.36. The van der Waals surface area contributed by atoms with Crippen molar-refractivity contribution in [3.8, 4) is 0 Å². The van der Waals surface area contributed by atoms with E-state index in [9.17, 15) is 5.11 Å². The van der Waals surface area contributed by atoms with Crippen LogP contribution in [0.25, 0.3) is 0 Å². The average Bonchev–Trinajstić information content (AvgIpc) is 2.57. The average molecular weight is 319 g/mol. The van der Waals surface area contributed by atoms with Crippen LogP contribution in [0.1, 0.15) is 24.8 Å². The molecular weight excluding hydrogens is 290 g/mol. The van der Waals surface area contributed by atoms with Crippen LogP contribution in [0.3, 0.4) is 0 Å². The number of methoxy groups -OCH3 is 1. The van der Waals surface area contributed by atoms with Crippen LogP contribution in [0.2, 0.25) is 0 Å². The number of piperidine rings is 1. The van der Waals surface area contributed by atoms with Gasteiger partial charge in [0.25, 0.3) is 0 Å². The van der Waals surface area contributed by atoms with Crippen molar-refractivity contribution in [2.75, 3.05) is 40.0 Å². The van der Waals surface area contributed by atoms with Gasteiger partial charge in [-0.15, -0.1) is 0 Å². The Morgan fingerprint density at radius 1 is 1.26 bits per heavy atom. The molecule has 2 aliphatic rings. The van der Waals surface area contributed by atoms with E-state index in [1.807, 2.05) is 7.11 Å². The SMILES string of the molecule is CO[C@@H]1CN(CC2(O)CCOCC2)CC[C@@H]1Cc1ccccc1. The van der Waals surface area contributed by atoms with Crippen molar-refractivity contribution in [3.05, 3.63) is 35.9 Å². The normalized spacial score (nSPS) is 28.6. The van der Waals surface area contributed by atoms with E-state index in [-0.39, 0.29) is 6.10 Å². The van der Waals surface area contributed by atoms with Crippen LogP contribution in [-0.2, 0) is 15.9 Å². The highest BCUT2D eigenvalue weighted by Gasteiger charge is 2.36. The first-order valence-corrected chi connectivity index (χ1v) is 8.78. The lowest BCUT2D eigenvalue weighted by atomic mass is 9.86. The van der Waals surface area contributed by atoms with Crippen molar-refractivity contribution in [2.24, 2.45) is 5.92 Å². The van der Waals surface area contributed by atoms with Gasteiger partial charge in [-0.25, -0.2) is 0 Å². The van der Waals surface area contributed by atoms with Crippen molar-refractivity contribution in [1.29, 1.82) is 0 Å². The Bertz CT molecular complexity index is 473. The Balaban J connectivity index is 1.55. The molecule has 2 aliphatic heterocycles. The molecule has 0 aromatic heterocycles. The molecule has 1 aromatic rings. The number of β-amino-alcohol motifs (C(OH)–C–C–N with tert-alkyl or cyclic N) is 1. The second kappa shape index (κ2) is 7.75. The summed E-state index contributed by atoms with van der Waals surface area (Å²) in [6.07, 6.45) is 3.93. The van der Waals surface area contributed by atoms with Crippen molar-refractivity contribution in [3.63, 3.8) is 0 Å². The third kappa shape index (κ3) is 4.54. The standard InChI is InChI=1S/C19H29NO3/c1-22-18-14-20(15-19(21)8-11-23-12-9-19)10-7-17(18)13-16-5-3-2-4-6-16/h2-6,17-18,21H,7-15H2,1H3/t17-,18-/m1/s1. The van der Waals surface area contributed by atoms with E-state index < -0.39 is 5.60 Å². The van der Waals surface area contributed by atoms with E-state index in [1.165, 1.54) is 5.56 Å². The van der Waals surface area contributed by atoms with Crippen LogP contribution in [-0.4, -0.2) is 61.7 Å². The molecule has 128 valence electrons. The molecule has 2 atom stereocenters. The quantitative estimate of drug-likeness (QED) is 0.902. The highest BCUT2D eigenvalue weighted by atomic mass is 16.5. The number of benzene rings is 1. The summed E-state index contributed by atoms with van der Waals surface area (Å²) in [5.74, 6) is 0.558. The second-order valence-corrected chi connectivity index (χ2v) is 7.08. The zero-order chi connectivity index (χ0) is 16.1. The molecule has 0 radical (unpaired) electrons. The van der Waals surface area contributed by atoms with Crippen LogP contribution in [0.4, 0.5) is 0 Å². The highest BCUT2D eigenvalue weighted by Crippen LogP contribution is 2.28. The van der Waals surface area contributed by atoms with Crippen LogP contribution < -0.4 is 0 Å². The number of hydrogen-bond donors (Lipinski definition) is 1. The molecule has 1 aromatic carbocycles. The van der Waals surface area contributed by atoms with Gasteiger partial charge < -0.3 is 14.6 Å². The van der Waals surface area contributed by atoms with Gasteiger partial charge in [-0.3, -0.25) is 4.90 Å². The Kier molecular flexibility index (Phi) is 5.70. The maximum absolute atomic E-state index is 10.7. The van der Waals surface area contributed by atoms with E-state index >= 15 is 0 Å². The van der Waals surface area contributed by atoms with Gasteiger partial charge in [0.2, 0.25) is 0 Å². The van der Waals surface area contributed by atoms with Gasteiger partial charge in [0, 0.05) is 46.3 Å². The van der Waals surface area contributed by atoms with Gasteiger partial charge in [0.1, 0.15) is 0 Å². The zero-order valence-corrected chi connectivity index (χ0v) is 14.1. The lowest BCUT2D eigenvalue weighted by Gasteiger charge is -2.42. The number of ether oxygens (including phenoxy) is 2. The lowest BCUT2D eigenvalue weighted by Crippen LogP contribution is -2.53. The fraction of sp³-hybridized carbons (Fsp3) is 0.684. The van der Waals surface area contributed by atoms with Crippen molar-refractivity contribution >= 4 is 0 Å². The predicted molar refractivity (Wildman–Crippen MR) is 90.5 cm³/mol. The molecule has 2 heterocycles. The minimum atomic E-state index is -0.581. The summed E-state index contributed by atoms with van der Waals surface area (Å²) in [6.45, 7) is 4.05. The molecule has 2 fully saturated rings. The van der Waals surface area contributed by atoms with Crippen LogP contribution >= 0.6 is 0 Å². The van der Waals surface area contributed by atoms with Crippen molar-refractivity contribution in [1.82, 2.24) is 4.90 Å². The second-order valence-electron chi connectivity index (χ2n) is 7.08. The Morgan fingerprint density at radius 2 is 2.00 bits per heavy atom. The molecule has 0 unspecified atom stereocenters. The highest BCUT2D eigenvalue weighted by molar-refractivity contribution is 5.15. The van der Waals surface area contributed by atoms with E-state index in [0.29, 0.717) is 19.1 Å². The Labute approximate surface area is 139 Å². The number of aliphatic hydroxyl groups is 1. The van der Waals surface area contributed by atoms with Gasteiger partial charge in [0.05, 0.1) is 11.7 Å². The van der Waals surface area contributed by atoms with Crippen molar-refractivity contribution in [2.45, 2.75) is 37.4 Å². The van der Waals surface area contributed by atoms with E-state index in [1.54, 1.807) is 0 Å². The smallest absolute Gasteiger partial charge is 0.0817 e. The summed E-state index contributed by atoms with van der Waals surface area (Å²) in [7, 11) is 1.81. The summed E-state index contributed by atoms with van der Waals surface area (Å²) in [4.78, 5) is 2.38. The van der Waals surface area contributed by atoms with Crippen molar-refractivity contribution < 1.29 is 14.6 Å². The Morgan fingerprint density at radius 3 is 2.70 bits per heavy atom. The minimum absolute atomic E-state index is 0.243. The number of hydrogen-bond acceptors (Lipinski definition) is 4. The molecule has 0 aliphatic carbocycles. The fourth-order valence-corrected chi connectivity index (χ4v) is 3.92. The third-order valence-electron chi connectivity index (χ3n) is 5.36. The maximum atomic E-state index is 10.7. The summed E-state index contributed by atoms with van der Waals surface area (Å²) < 4.78 is 11.2. The summed E-state index contributed by atoms with van der Waals surface area (Å²) in [5, 5.41) is 10.7. The molecule has 4 heteroatoms. The summed E-state index contributed by atoms with van der Waals surface area (Å²) >= 11 is 0. The first kappa shape index (κ1) is 16.9. The molecule has 0 amide bonds. The lowest BCUT2D eigenvalue weighted by molar-refractivity contribution is -0.0954. The molecule has 2 saturated heterocycles. The first-order chi connectivity index (χ1) is 11.2. The zero-order valence-electron chi connectivity index (χ0n) is 14.1. The first-order valence-electron chi connectivity index (χ1n) is 8.78. The monoisotopic (exact) mass is 319 g/mol. The molecule has 0 bridgehead atoms. The molecule has 23 heavy (non-hydrogen) atoms. The number of nitrogens with zero attached hydrogens (tertiary/aromatic N) is 1. The van der Waals surface area contributed by atoms with Gasteiger partial charge in [0.15, 0.2) is 0 Å². The summed E-state index contributed by atoms with van der Waals surface area (Å²) in [5.41, 5.74) is 0.805. The molecule has 0 saturated carbocycles. The van der Waals surface area contributed by atoms with Gasteiger partial charge >= 0.3 is 0 Å². The topological polar surface area (TPSA) is 41.9 Å². The predicted octanol–water partition coefficient (Wildman–Crippen LogP) is 2.11. The number of likely N-dealkylation sites (tertiary alicyclic amines) is 1. The van der Waals surface area contributed by atoms with Crippen LogP contribution in [0.15, 0.2) is 30.3 Å². The Hall–Kier alpha value is -0.940. The molecule has 4 nitrogen and oxygen atoms in total. The largest absolute Gasteiger partial charge is 0.388 e. The molecule has 0 spiro atoms. The van der Waals surface area contributed by atoms with Gasteiger partial charge in [-0.2, -0.15) is 0 Å². The minimum Gasteiger partial charge on any atom is -0.388 e. The van der Waals surface area contributed by atoms with Gasteiger partial charge in [-0.1, -0.05) is 30.3 Å². The van der Waals surface area contributed by atoms with E-state index in [2.05, 4.69) is 35.2 Å². The fourth-order valence-electron chi connectivity index (χ4n) is 3.92. The molecular formula is C19H29NO3. The van der Waals surface area contributed by atoms with Gasteiger partial charge in [-0.05, 0) is 30.9 Å². The summed E-state index contributed by atoms with van der Waals surface area (Å²) in [6, 6.07) is 10.7. The van der Waals surface area contributed by atoms with E-state index in [0.717, 1.165) is 45.3 Å². The van der Waals surface area contributed by atoms with Crippen LogP contribution in [0.5, 0.6) is 0 Å². The number of rotatable bonds is 5. The van der Waals surface area contributed by atoms with E-state index in [4.69, 9.17) is 9.47 Å².